The van der Waals surface area contributed by atoms with Crippen LogP contribution in [-0.2, 0) is 13.0 Å². The molecule has 6 rings (SSSR count). The molecule has 0 amide bonds. The molecule has 0 aromatic heterocycles. The van der Waals surface area contributed by atoms with Crippen LogP contribution in [0.15, 0.2) is 48.5 Å². The summed E-state index contributed by atoms with van der Waals surface area (Å²) in [4.78, 5) is 2.28. The number of likely N-dealkylation sites (tertiary alicyclic amines) is 1. The molecule has 6 nitrogen and oxygen atoms in total. The van der Waals surface area contributed by atoms with Crippen LogP contribution in [0.3, 0.4) is 0 Å². The predicted octanol–water partition coefficient (Wildman–Crippen LogP) is 8.67. The van der Waals surface area contributed by atoms with E-state index in [4.69, 9.17) is 37.4 Å². The fourth-order valence-electron chi connectivity index (χ4n) is 7.23. The van der Waals surface area contributed by atoms with E-state index in [1.165, 1.54) is 0 Å². The first-order valence-electron chi connectivity index (χ1n) is 17.4. The van der Waals surface area contributed by atoms with E-state index in [1.54, 1.807) is 12.1 Å². The Kier molecular flexibility index (Phi) is 12.0. The minimum atomic E-state index is -1.29. The number of hydrogen-bond acceptors (Lipinski definition) is 6. The van der Waals surface area contributed by atoms with Gasteiger partial charge >= 0.3 is 0 Å². The molecule has 2 N–H and O–H groups in total. The summed E-state index contributed by atoms with van der Waals surface area (Å²) < 4.78 is 47.7. The summed E-state index contributed by atoms with van der Waals surface area (Å²) in [6, 6.07) is 15.0. The van der Waals surface area contributed by atoms with Crippen molar-refractivity contribution in [3.05, 3.63) is 75.3 Å². The van der Waals surface area contributed by atoms with E-state index in [2.05, 4.69) is 10.2 Å². The van der Waals surface area contributed by atoms with Gasteiger partial charge in [0.1, 0.15) is 29.6 Å². The lowest BCUT2D eigenvalue weighted by Crippen LogP contribution is -2.41. The number of aliphatic hydroxyl groups excluding tert-OH is 1. The number of benzene rings is 3. The van der Waals surface area contributed by atoms with Crippen molar-refractivity contribution in [3.8, 4) is 28.4 Å². The van der Waals surface area contributed by atoms with Gasteiger partial charge < -0.3 is 29.5 Å². The van der Waals surface area contributed by atoms with E-state index in [9.17, 15) is 9.50 Å². The highest BCUT2D eigenvalue weighted by Crippen LogP contribution is 2.46. The molecular formula is C38H46Cl2F2N2O4. The Morgan fingerprint density at radius 2 is 1.69 bits per heavy atom. The number of piperidine rings is 1. The fourth-order valence-corrected chi connectivity index (χ4v) is 7.75. The Morgan fingerprint density at radius 1 is 0.917 bits per heavy atom. The highest BCUT2D eigenvalue weighted by atomic mass is 35.5. The molecule has 0 unspecified atom stereocenters. The van der Waals surface area contributed by atoms with E-state index in [1.807, 2.05) is 43.3 Å². The minimum absolute atomic E-state index is 0.0254. The molecule has 4 atom stereocenters. The quantitative estimate of drug-likeness (QED) is 0.174. The second-order valence-electron chi connectivity index (χ2n) is 13.1. The van der Waals surface area contributed by atoms with Gasteiger partial charge in [-0.15, -0.1) is 0 Å². The van der Waals surface area contributed by atoms with Gasteiger partial charge in [-0.05, 0) is 67.9 Å². The van der Waals surface area contributed by atoms with Crippen molar-refractivity contribution < 1.29 is 28.1 Å². The first kappa shape index (κ1) is 35.2. The lowest BCUT2D eigenvalue weighted by Gasteiger charge is -2.29. The van der Waals surface area contributed by atoms with Crippen LogP contribution in [0, 0.1) is 0 Å². The zero-order valence-corrected chi connectivity index (χ0v) is 29.0. The fraction of sp³-hybridized carbons (Fsp3) is 0.526. The molecule has 0 radical (unpaired) electrons. The highest BCUT2D eigenvalue weighted by molar-refractivity contribution is 6.35. The van der Waals surface area contributed by atoms with Crippen LogP contribution in [0.4, 0.5) is 8.78 Å². The zero-order valence-electron chi connectivity index (χ0n) is 27.5. The number of rotatable bonds is 13. The molecule has 2 aliphatic carbocycles. The van der Waals surface area contributed by atoms with Crippen molar-refractivity contribution in [1.82, 2.24) is 10.2 Å². The van der Waals surface area contributed by atoms with Crippen molar-refractivity contribution >= 4 is 23.2 Å². The summed E-state index contributed by atoms with van der Waals surface area (Å²) in [7, 11) is 0. The van der Waals surface area contributed by atoms with Crippen LogP contribution in [0.2, 0.25) is 10.0 Å². The SMILES string of the molecule is CCOc1cc(O[C@@H]2c3cccc(-c4cccc(OCCCN5CCC(F)CC5)c4Cl)c3C[C@@H]2F)c(Cl)cc1CN[C@@H]1CCCC[C@@H]1O. The van der Waals surface area contributed by atoms with Gasteiger partial charge in [0.25, 0.3) is 0 Å². The number of fused-ring (bicyclic) bond motifs is 1. The van der Waals surface area contributed by atoms with Crippen molar-refractivity contribution in [2.45, 2.75) is 95.4 Å². The van der Waals surface area contributed by atoms with Gasteiger partial charge in [-0.3, -0.25) is 0 Å². The molecule has 0 spiro atoms. The maximum atomic E-state index is 15.8. The first-order chi connectivity index (χ1) is 23.3. The average molecular weight is 704 g/mol. The van der Waals surface area contributed by atoms with Crippen LogP contribution in [-0.4, -0.2) is 67.3 Å². The summed E-state index contributed by atoms with van der Waals surface area (Å²) in [5, 5.41) is 14.7. The molecule has 1 saturated heterocycles. The normalized spacial score (nSPS) is 23.2. The van der Waals surface area contributed by atoms with Crippen molar-refractivity contribution in [2.75, 3.05) is 32.8 Å². The van der Waals surface area contributed by atoms with Gasteiger partial charge in [0.2, 0.25) is 0 Å². The predicted molar refractivity (Wildman–Crippen MR) is 187 cm³/mol. The topological polar surface area (TPSA) is 63.2 Å². The van der Waals surface area contributed by atoms with Gasteiger partial charge in [0, 0.05) is 55.8 Å². The van der Waals surface area contributed by atoms with Crippen molar-refractivity contribution in [1.29, 1.82) is 0 Å². The van der Waals surface area contributed by atoms with Crippen LogP contribution in [0.1, 0.15) is 74.7 Å². The van der Waals surface area contributed by atoms with E-state index in [-0.39, 0.29) is 18.6 Å². The first-order valence-corrected chi connectivity index (χ1v) is 18.1. The second-order valence-corrected chi connectivity index (χ2v) is 13.9. The standard InChI is InChI=1S/C38H46Cl2F2N2O4/c1-2-46-35-22-36(30(39)20-24(35)23-43-32-11-3-4-12-33(32)45)48-38-28-10-5-8-26(29(28)21-31(38)42)27-9-6-13-34(37(27)40)47-19-7-16-44-17-14-25(41)15-18-44/h5-6,8-10,13,20,22,25,31-33,38,43,45H,2-4,7,11-12,14-19,21,23H2,1H3/t31-,32+,33-,38+/m0/s1. The molecule has 3 aromatic carbocycles. The largest absolute Gasteiger partial charge is 0.493 e. The summed E-state index contributed by atoms with van der Waals surface area (Å²) in [5.74, 6) is 1.56. The van der Waals surface area contributed by atoms with E-state index in [0.29, 0.717) is 59.9 Å². The van der Waals surface area contributed by atoms with Crippen molar-refractivity contribution in [2.24, 2.45) is 0 Å². The second kappa shape index (κ2) is 16.4. The molecular weight excluding hydrogens is 657 g/mol. The third-order valence-electron chi connectivity index (χ3n) is 9.85. The monoisotopic (exact) mass is 702 g/mol. The summed E-state index contributed by atoms with van der Waals surface area (Å²) in [5.41, 5.74) is 4.08. The Morgan fingerprint density at radius 3 is 2.48 bits per heavy atom. The number of alkyl halides is 2. The van der Waals surface area contributed by atoms with E-state index in [0.717, 1.165) is 79.6 Å². The smallest absolute Gasteiger partial charge is 0.155 e. The molecule has 1 heterocycles. The van der Waals surface area contributed by atoms with Crippen LogP contribution < -0.4 is 19.5 Å². The average Bonchev–Trinajstić information content (AvgIpc) is 3.40. The molecule has 48 heavy (non-hydrogen) atoms. The molecule has 10 heteroatoms. The van der Waals surface area contributed by atoms with Gasteiger partial charge in [-0.1, -0.05) is 66.4 Å². The molecule has 1 aliphatic heterocycles. The minimum Gasteiger partial charge on any atom is -0.493 e. The van der Waals surface area contributed by atoms with Gasteiger partial charge in [0.05, 0.1) is 29.4 Å². The van der Waals surface area contributed by atoms with Crippen LogP contribution >= 0.6 is 23.2 Å². The number of ether oxygens (including phenoxy) is 3. The van der Waals surface area contributed by atoms with Crippen LogP contribution in [0.5, 0.6) is 17.2 Å². The number of halogens is 4. The zero-order chi connectivity index (χ0) is 33.6. The Bertz CT molecular complexity index is 1540. The third kappa shape index (κ3) is 8.22. The van der Waals surface area contributed by atoms with Crippen molar-refractivity contribution in [3.63, 3.8) is 0 Å². The van der Waals surface area contributed by atoms with Gasteiger partial charge in [-0.2, -0.15) is 0 Å². The number of aliphatic hydroxyl groups is 1. The van der Waals surface area contributed by atoms with Crippen LogP contribution in [0.25, 0.3) is 11.1 Å². The van der Waals surface area contributed by atoms with E-state index >= 15 is 4.39 Å². The number of nitrogens with one attached hydrogen (secondary N) is 1. The Hall–Kier alpha value is -2.62. The summed E-state index contributed by atoms with van der Waals surface area (Å²) in [6.45, 7) is 5.77. The molecule has 3 aliphatic rings. The number of nitrogens with zero attached hydrogens (tertiary/aromatic N) is 1. The summed E-state index contributed by atoms with van der Waals surface area (Å²) >= 11 is 13.6. The molecule has 0 bridgehead atoms. The molecule has 3 aromatic rings. The van der Waals surface area contributed by atoms with Gasteiger partial charge in [0.15, 0.2) is 6.10 Å². The van der Waals surface area contributed by atoms with E-state index < -0.39 is 18.4 Å². The van der Waals surface area contributed by atoms with Gasteiger partial charge in [-0.25, -0.2) is 8.78 Å². The molecule has 1 saturated carbocycles. The number of hydrogen-bond donors (Lipinski definition) is 2. The summed E-state index contributed by atoms with van der Waals surface area (Å²) in [6.07, 6.45) is 2.85. The lowest BCUT2D eigenvalue weighted by molar-refractivity contribution is 0.0901. The highest BCUT2D eigenvalue weighted by Gasteiger charge is 2.37. The maximum absolute atomic E-state index is 15.8. The Labute approximate surface area is 292 Å². The molecule has 2 fully saturated rings. The lowest BCUT2D eigenvalue weighted by atomic mass is 9.92. The molecule has 260 valence electrons. The maximum Gasteiger partial charge on any atom is 0.155 e. The Balaban J connectivity index is 1.16. The third-order valence-corrected chi connectivity index (χ3v) is 10.5.